The van der Waals surface area contributed by atoms with Crippen LogP contribution in [-0.2, 0) is 0 Å². The molecule has 0 atom stereocenters. The van der Waals surface area contributed by atoms with E-state index in [1.807, 2.05) is 19.2 Å². The van der Waals surface area contributed by atoms with Gasteiger partial charge in [0.05, 0.1) is 17.2 Å². The molecule has 0 N–H and O–H groups in total. The Balaban J connectivity index is 2.78. The topological polar surface area (TPSA) is 48.5 Å². The molecular weight excluding hydrogens is 206 g/mol. The van der Waals surface area contributed by atoms with Crippen LogP contribution >= 0.6 is 11.3 Å². The molecule has 0 fully saturated rings. The number of thiophene rings is 1. The molecule has 0 aliphatic rings. The number of hydrogen-bond donors (Lipinski definition) is 0. The van der Waals surface area contributed by atoms with E-state index in [9.17, 15) is 0 Å². The quantitative estimate of drug-likeness (QED) is 0.716. The zero-order valence-electron chi connectivity index (χ0n) is 9.11. The Labute approximate surface area is 93.8 Å². The highest BCUT2D eigenvalue weighted by molar-refractivity contribution is 7.10. The second-order valence-corrected chi connectivity index (χ2v) is 4.68. The zero-order chi connectivity index (χ0) is 11.3. The van der Waals surface area contributed by atoms with Crippen molar-refractivity contribution in [2.75, 3.05) is 0 Å². The van der Waals surface area contributed by atoms with Gasteiger partial charge < -0.3 is 0 Å². The molecule has 0 radical (unpaired) electrons. The summed E-state index contributed by atoms with van der Waals surface area (Å²) in [6, 6.07) is 6.47. The Morgan fingerprint density at radius 3 is 2.80 bits per heavy atom. The van der Waals surface area contributed by atoms with Gasteiger partial charge in [-0.15, -0.1) is 11.3 Å². The zero-order valence-corrected chi connectivity index (χ0v) is 9.93. The SMILES string of the molecule is CCC(C)(C)N=C=Nc1csc(C#N)c1. The molecule has 1 aromatic rings. The molecule has 0 unspecified atom stereocenters. The van der Waals surface area contributed by atoms with E-state index < -0.39 is 0 Å². The first-order chi connectivity index (χ1) is 7.07. The van der Waals surface area contributed by atoms with Gasteiger partial charge in [0.25, 0.3) is 0 Å². The van der Waals surface area contributed by atoms with Crippen LogP contribution in [-0.4, -0.2) is 11.5 Å². The van der Waals surface area contributed by atoms with E-state index >= 15 is 0 Å². The fourth-order valence-corrected chi connectivity index (χ4v) is 1.35. The summed E-state index contributed by atoms with van der Waals surface area (Å²) >= 11 is 1.38. The number of hydrogen-bond acceptors (Lipinski definition) is 4. The van der Waals surface area contributed by atoms with Crippen molar-refractivity contribution in [3.8, 4) is 6.07 Å². The van der Waals surface area contributed by atoms with Crippen molar-refractivity contribution in [3.63, 3.8) is 0 Å². The van der Waals surface area contributed by atoms with Gasteiger partial charge in [-0.05, 0) is 26.3 Å². The molecule has 4 heteroatoms. The second-order valence-electron chi connectivity index (χ2n) is 3.77. The van der Waals surface area contributed by atoms with E-state index in [2.05, 4.69) is 29.0 Å². The Morgan fingerprint density at radius 2 is 2.27 bits per heavy atom. The fourth-order valence-electron chi connectivity index (χ4n) is 0.741. The third-order valence-corrected chi connectivity index (χ3v) is 2.92. The maximum atomic E-state index is 8.62. The lowest BCUT2D eigenvalue weighted by molar-refractivity contribution is 0.508. The lowest BCUT2D eigenvalue weighted by Crippen LogP contribution is -2.13. The average Bonchev–Trinajstić information content (AvgIpc) is 2.66. The minimum atomic E-state index is -0.114. The third-order valence-electron chi connectivity index (χ3n) is 2.09. The number of aliphatic imine (C=N–C) groups is 2. The molecule has 15 heavy (non-hydrogen) atoms. The van der Waals surface area contributed by atoms with Gasteiger partial charge in [0.1, 0.15) is 10.9 Å². The minimum absolute atomic E-state index is 0.114. The predicted molar refractivity (Wildman–Crippen MR) is 62.9 cm³/mol. The monoisotopic (exact) mass is 219 g/mol. The molecule has 1 rings (SSSR count). The lowest BCUT2D eigenvalue weighted by Gasteiger charge is -2.12. The van der Waals surface area contributed by atoms with Crippen molar-refractivity contribution in [1.29, 1.82) is 5.26 Å². The first kappa shape index (κ1) is 11.6. The molecular formula is C11H13N3S. The van der Waals surface area contributed by atoms with E-state index in [0.717, 1.165) is 12.1 Å². The van der Waals surface area contributed by atoms with Crippen LogP contribution in [0.15, 0.2) is 21.4 Å². The average molecular weight is 219 g/mol. The standard InChI is InChI=1S/C11H13N3S/c1-4-11(2,3)14-8-13-9-5-10(6-12)15-7-9/h5,7H,4H2,1-3H3. The Hall–Kier alpha value is -1.43. The van der Waals surface area contributed by atoms with E-state index in [-0.39, 0.29) is 5.54 Å². The van der Waals surface area contributed by atoms with Gasteiger partial charge in [0.2, 0.25) is 0 Å². The second kappa shape index (κ2) is 4.88. The van der Waals surface area contributed by atoms with Crippen LogP contribution in [0.5, 0.6) is 0 Å². The minimum Gasteiger partial charge on any atom is -0.219 e. The van der Waals surface area contributed by atoms with Crippen molar-refractivity contribution in [2.45, 2.75) is 32.7 Å². The number of rotatable bonds is 3. The molecule has 1 heterocycles. The molecule has 0 amide bonds. The van der Waals surface area contributed by atoms with Crippen LogP contribution in [0.25, 0.3) is 0 Å². The van der Waals surface area contributed by atoms with Crippen molar-refractivity contribution in [1.82, 2.24) is 0 Å². The summed E-state index contributed by atoms with van der Waals surface area (Å²) in [6.45, 7) is 6.14. The largest absolute Gasteiger partial charge is 0.219 e. The van der Waals surface area contributed by atoms with Gasteiger partial charge >= 0.3 is 0 Å². The summed E-state index contributed by atoms with van der Waals surface area (Å²) in [5, 5.41) is 10.4. The van der Waals surface area contributed by atoms with E-state index in [1.54, 1.807) is 6.07 Å². The smallest absolute Gasteiger partial charge is 0.110 e. The third kappa shape index (κ3) is 3.67. The molecule has 0 aliphatic heterocycles. The van der Waals surface area contributed by atoms with E-state index in [0.29, 0.717) is 4.88 Å². The lowest BCUT2D eigenvalue weighted by atomic mass is 10.0. The number of nitriles is 1. The molecule has 0 spiro atoms. The Morgan fingerprint density at radius 1 is 1.53 bits per heavy atom. The highest BCUT2D eigenvalue weighted by Crippen LogP contribution is 2.20. The highest BCUT2D eigenvalue weighted by atomic mass is 32.1. The van der Waals surface area contributed by atoms with Gasteiger partial charge in [0.15, 0.2) is 0 Å². The van der Waals surface area contributed by atoms with Crippen LogP contribution < -0.4 is 0 Å². The maximum Gasteiger partial charge on any atom is 0.110 e. The summed E-state index contributed by atoms with van der Waals surface area (Å²) in [7, 11) is 0. The predicted octanol–water partition coefficient (Wildman–Crippen LogP) is 3.61. The van der Waals surface area contributed by atoms with Crippen LogP contribution in [0.2, 0.25) is 0 Å². The highest BCUT2D eigenvalue weighted by Gasteiger charge is 2.10. The van der Waals surface area contributed by atoms with Crippen LogP contribution in [0.4, 0.5) is 5.69 Å². The molecule has 3 nitrogen and oxygen atoms in total. The Kier molecular flexibility index (Phi) is 3.79. The van der Waals surface area contributed by atoms with Crippen LogP contribution in [0.3, 0.4) is 0 Å². The molecule has 78 valence electrons. The van der Waals surface area contributed by atoms with Crippen molar-refractivity contribution in [3.05, 3.63) is 16.3 Å². The molecule has 0 aromatic carbocycles. The van der Waals surface area contributed by atoms with Gasteiger partial charge in [0, 0.05) is 5.38 Å². The van der Waals surface area contributed by atoms with Gasteiger partial charge in [-0.3, -0.25) is 0 Å². The summed E-state index contributed by atoms with van der Waals surface area (Å²) in [4.78, 5) is 8.92. The maximum absolute atomic E-state index is 8.62. The van der Waals surface area contributed by atoms with Gasteiger partial charge in [-0.2, -0.15) is 10.3 Å². The van der Waals surface area contributed by atoms with E-state index in [1.165, 1.54) is 11.3 Å². The van der Waals surface area contributed by atoms with Crippen molar-refractivity contribution >= 4 is 23.0 Å². The normalized spacial score (nSPS) is 10.3. The number of nitrogens with zero attached hydrogens (tertiary/aromatic N) is 3. The molecule has 0 bridgehead atoms. The van der Waals surface area contributed by atoms with Crippen LogP contribution in [0.1, 0.15) is 32.1 Å². The van der Waals surface area contributed by atoms with E-state index in [4.69, 9.17) is 5.26 Å². The van der Waals surface area contributed by atoms with Crippen molar-refractivity contribution < 1.29 is 0 Å². The molecule has 0 aliphatic carbocycles. The Bertz CT molecular complexity index is 431. The molecule has 1 aromatic heterocycles. The van der Waals surface area contributed by atoms with Crippen LogP contribution in [0, 0.1) is 11.3 Å². The summed E-state index contributed by atoms with van der Waals surface area (Å²) in [5.74, 6) is 0. The summed E-state index contributed by atoms with van der Waals surface area (Å²) in [5.41, 5.74) is 0.629. The first-order valence-corrected chi connectivity index (χ1v) is 5.61. The van der Waals surface area contributed by atoms with Gasteiger partial charge in [-0.25, -0.2) is 4.99 Å². The molecule has 0 saturated heterocycles. The fraction of sp³-hybridized carbons (Fsp3) is 0.455. The first-order valence-electron chi connectivity index (χ1n) is 4.73. The van der Waals surface area contributed by atoms with Crippen molar-refractivity contribution in [2.24, 2.45) is 9.98 Å². The summed E-state index contributed by atoms with van der Waals surface area (Å²) < 4.78 is 0. The summed E-state index contributed by atoms with van der Waals surface area (Å²) in [6.07, 6.45) is 0.947. The van der Waals surface area contributed by atoms with Gasteiger partial charge in [-0.1, -0.05) is 6.92 Å². The molecule has 0 saturated carbocycles.